The van der Waals surface area contributed by atoms with Gasteiger partial charge in [-0.2, -0.15) is 5.26 Å². The number of nitriles is 1. The molecule has 0 aromatic heterocycles. The van der Waals surface area contributed by atoms with Crippen LogP contribution in [0.25, 0.3) is 0 Å². The molecule has 1 saturated heterocycles. The average molecular weight is 348 g/mol. The molecule has 0 spiro atoms. The fourth-order valence-electron chi connectivity index (χ4n) is 4.45. The fraction of sp³-hybridized carbons (Fsp3) is 0.611. The lowest BCUT2D eigenvalue weighted by atomic mass is 9.57. The average Bonchev–Trinajstić information content (AvgIpc) is 2.99. The topological polar surface area (TPSA) is 70.4 Å². The summed E-state index contributed by atoms with van der Waals surface area (Å²) in [5.74, 6) is 0.600. The number of benzene rings is 1. The molecule has 1 aromatic carbocycles. The maximum absolute atomic E-state index is 12.5. The highest BCUT2D eigenvalue weighted by molar-refractivity contribution is 7.91. The Bertz CT molecular complexity index is 749. The molecule has 6 heteroatoms. The highest BCUT2D eigenvalue weighted by Gasteiger charge is 2.60. The van der Waals surface area contributed by atoms with Gasteiger partial charge in [-0.15, -0.1) is 0 Å². The third-order valence-electron chi connectivity index (χ3n) is 5.57. The molecule has 1 aromatic rings. The summed E-state index contributed by atoms with van der Waals surface area (Å²) < 4.78 is 30.9. The molecule has 1 heterocycles. The van der Waals surface area contributed by atoms with Crippen LogP contribution in [0.5, 0.6) is 0 Å². The SMILES string of the molecule is CN(CCS(=O)(=O)c1ccc(C#N)cc1)[C@@H]1[C@@H]2CCO[C@H]2C1(C)C. The van der Waals surface area contributed by atoms with E-state index in [1.807, 2.05) is 13.1 Å². The van der Waals surface area contributed by atoms with Crippen LogP contribution >= 0.6 is 0 Å². The van der Waals surface area contributed by atoms with Gasteiger partial charge < -0.3 is 9.64 Å². The van der Waals surface area contributed by atoms with Gasteiger partial charge in [0.05, 0.1) is 28.4 Å². The molecule has 0 unspecified atom stereocenters. The number of nitrogens with zero attached hydrogens (tertiary/aromatic N) is 2. The van der Waals surface area contributed by atoms with Crippen molar-refractivity contribution in [3.8, 4) is 6.07 Å². The van der Waals surface area contributed by atoms with Crippen molar-refractivity contribution in [2.75, 3.05) is 26.0 Å². The largest absolute Gasteiger partial charge is 0.377 e. The Morgan fingerprint density at radius 2 is 2.00 bits per heavy atom. The Morgan fingerprint density at radius 1 is 1.33 bits per heavy atom. The van der Waals surface area contributed by atoms with Crippen LogP contribution < -0.4 is 0 Å². The molecule has 2 aliphatic rings. The quantitative estimate of drug-likeness (QED) is 0.815. The summed E-state index contributed by atoms with van der Waals surface area (Å²) in [5.41, 5.74) is 0.531. The van der Waals surface area contributed by atoms with Crippen LogP contribution in [-0.2, 0) is 14.6 Å². The van der Waals surface area contributed by atoms with Crippen LogP contribution in [0.1, 0.15) is 25.8 Å². The van der Waals surface area contributed by atoms with Gasteiger partial charge in [-0.3, -0.25) is 0 Å². The van der Waals surface area contributed by atoms with Gasteiger partial charge in [-0.05, 0) is 37.7 Å². The predicted molar refractivity (Wildman–Crippen MR) is 91.3 cm³/mol. The zero-order chi connectivity index (χ0) is 17.5. The fourth-order valence-corrected chi connectivity index (χ4v) is 5.77. The summed E-state index contributed by atoms with van der Waals surface area (Å²) in [6.07, 6.45) is 1.37. The maximum atomic E-state index is 12.5. The van der Waals surface area contributed by atoms with E-state index in [-0.39, 0.29) is 16.1 Å². The van der Waals surface area contributed by atoms with E-state index in [4.69, 9.17) is 10.00 Å². The molecule has 0 radical (unpaired) electrons. The minimum Gasteiger partial charge on any atom is -0.377 e. The molecular weight excluding hydrogens is 324 g/mol. The number of sulfone groups is 1. The molecule has 2 fully saturated rings. The van der Waals surface area contributed by atoms with Gasteiger partial charge >= 0.3 is 0 Å². The van der Waals surface area contributed by atoms with Crippen molar-refractivity contribution in [1.29, 1.82) is 5.26 Å². The molecule has 130 valence electrons. The summed E-state index contributed by atoms with van der Waals surface area (Å²) in [4.78, 5) is 2.46. The molecule has 0 amide bonds. The van der Waals surface area contributed by atoms with Crippen molar-refractivity contribution >= 4 is 9.84 Å². The van der Waals surface area contributed by atoms with Gasteiger partial charge in [-0.25, -0.2) is 8.42 Å². The molecule has 5 nitrogen and oxygen atoms in total. The highest BCUT2D eigenvalue weighted by Crippen LogP contribution is 2.54. The van der Waals surface area contributed by atoms with Gasteiger partial charge in [0.15, 0.2) is 9.84 Å². The van der Waals surface area contributed by atoms with Crippen molar-refractivity contribution in [3.63, 3.8) is 0 Å². The summed E-state index contributed by atoms with van der Waals surface area (Å²) in [7, 11) is -1.33. The number of rotatable bonds is 5. The summed E-state index contributed by atoms with van der Waals surface area (Å²) >= 11 is 0. The van der Waals surface area contributed by atoms with Crippen LogP contribution in [0.2, 0.25) is 0 Å². The Kier molecular flexibility index (Phi) is 4.45. The lowest BCUT2D eigenvalue weighted by molar-refractivity contribution is -0.148. The summed E-state index contributed by atoms with van der Waals surface area (Å²) in [6, 6.07) is 8.49. The minimum absolute atomic E-state index is 0.0636. The van der Waals surface area contributed by atoms with Crippen molar-refractivity contribution in [1.82, 2.24) is 4.90 Å². The van der Waals surface area contributed by atoms with Gasteiger partial charge in [0, 0.05) is 30.5 Å². The molecule has 0 N–H and O–H groups in total. The van der Waals surface area contributed by atoms with Crippen molar-refractivity contribution in [3.05, 3.63) is 29.8 Å². The smallest absolute Gasteiger partial charge is 0.179 e. The van der Waals surface area contributed by atoms with Gasteiger partial charge in [0.2, 0.25) is 0 Å². The van der Waals surface area contributed by atoms with E-state index in [9.17, 15) is 8.42 Å². The first-order valence-corrected chi connectivity index (χ1v) is 9.97. The first-order chi connectivity index (χ1) is 11.3. The maximum Gasteiger partial charge on any atom is 0.179 e. The number of fused-ring (bicyclic) bond motifs is 1. The Morgan fingerprint density at radius 3 is 2.62 bits per heavy atom. The Labute approximate surface area is 144 Å². The standard InChI is InChI=1S/C18H24N2O3S/c1-18(2)16(15-8-10-23-17(15)18)20(3)9-11-24(21,22)14-6-4-13(12-19)5-7-14/h4-7,15-17H,8-11H2,1-3H3/t15-,16+,17+/m0/s1. The minimum atomic E-state index is -3.34. The Hall–Kier alpha value is -1.42. The van der Waals surface area contributed by atoms with Crippen molar-refractivity contribution in [2.45, 2.75) is 37.3 Å². The van der Waals surface area contributed by atoms with Crippen LogP contribution in [0.4, 0.5) is 0 Å². The second-order valence-electron chi connectivity index (χ2n) is 7.45. The third kappa shape index (κ3) is 2.85. The van der Waals surface area contributed by atoms with Crippen molar-refractivity contribution in [2.24, 2.45) is 11.3 Å². The van der Waals surface area contributed by atoms with E-state index >= 15 is 0 Å². The van der Waals surface area contributed by atoms with E-state index in [0.29, 0.717) is 30.2 Å². The van der Waals surface area contributed by atoms with E-state index in [1.54, 1.807) is 12.1 Å². The molecule has 1 aliphatic carbocycles. The van der Waals surface area contributed by atoms with Crippen LogP contribution in [0, 0.1) is 22.7 Å². The molecule has 1 aliphatic heterocycles. The number of ether oxygens (including phenoxy) is 1. The van der Waals surface area contributed by atoms with Crippen molar-refractivity contribution < 1.29 is 13.2 Å². The second-order valence-corrected chi connectivity index (χ2v) is 9.55. The molecule has 3 rings (SSSR count). The molecule has 3 atom stereocenters. The van der Waals surface area contributed by atoms with Crippen LogP contribution in [0.3, 0.4) is 0 Å². The van der Waals surface area contributed by atoms with E-state index < -0.39 is 9.84 Å². The lowest BCUT2D eigenvalue weighted by Gasteiger charge is -2.58. The van der Waals surface area contributed by atoms with Crippen LogP contribution in [-0.4, -0.2) is 51.4 Å². The first-order valence-electron chi connectivity index (χ1n) is 8.32. The Balaban J connectivity index is 1.65. The zero-order valence-corrected chi connectivity index (χ0v) is 15.2. The molecule has 24 heavy (non-hydrogen) atoms. The third-order valence-corrected chi connectivity index (χ3v) is 7.28. The molecule has 1 saturated carbocycles. The van der Waals surface area contributed by atoms with E-state index in [2.05, 4.69) is 18.7 Å². The van der Waals surface area contributed by atoms with Gasteiger partial charge in [0.25, 0.3) is 0 Å². The highest BCUT2D eigenvalue weighted by atomic mass is 32.2. The van der Waals surface area contributed by atoms with Crippen LogP contribution in [0.15, 0.2) is 29.2 Å². The van der Waals surface area contributed by atoms with E-state index in [0.717, 1.165) is 13.0 Å². The predicted octanol–water partition coefficient (Wildman–Crippen LogP) is 2.08. The molecule has 0 bridgehead atoms. The monoisotopic (exact) mass is 348 g/mol. The zero-order valence-electron chi connectivity index (χ0n) is 14.4. The lowest BCUT2D eigenvalue weighted by Crippen LogP contribution is -2.66. The van der Waals surface area contributed by atoms with E-state index in [1.165, 1.54) is 12.1 Å². The number of hydrogen-bond acceptors (Lipinski definition) is 5. The summed E-state index contributed by atoms with van der Waals surface area (Å²) in [6.45, 7) is 5.72. The van der Waals surface area contributed by atoms with Gasteiger partial charge in [0.1, 0.15) is 0 Å². The summed E-state index contributed by atoms with van der Waals surface area (Å²) in [5, 5.41) is 8.81. The number of hydrogen-bond donors (Lipinski definition) is 0. The normalized spacial score (nSPS) is 28.2. The second kappa shape index (κ2) is 6.14. The molecular formula is C18H24N2O3S. The van der Waals surface area contributed by atoms with Gasteiger partial charge in [-0.1, -0.05) is 13.8 Å². The first kappa shape index (κ1) is 17.4.